The second-order valence-corrected chi connectivity index (χ2v) is 3.17. The van der Waals surface area contributed by atoms with Gasteiger partial charge in [0.15, 0.2) is 0 Å². The average Bonchev–Trinajstić information content (AvgIpc) is 2.35. The molecule has 0 aliphatic heterocycles. The molecule has 0 aliphatic rings. The van der Waals surface area contributed by atoms with Gasteiger partial charge in [-0.3, -0.25) is 0 Å². The summed E-state index contributed by atoms with van der Waals surface area (Å²) in [6.45, 7) is -0.490. The van der Waals surface area contributed by atoms with Gasteiger partial charge in [0.1, 0.15) is 6.07 Å². The van der Waals surface area contributed by atoms with Crippen molar-refractivity contribution in [3.63, 3.8) is 0 Å². The Bertz CT molecular complexity index is 480. The molecular weight excluding hydrogens is 232 g/mol. The molecule has 0 fully saturated rings. The first-order chi connectivity index (χ1) is 8.04. The minimum Gasteiger partial charge on any atom is -0.465 e. The van der Waals surface area contributed by atoms with Gasteiger partial charge in [0.2, 0.25) is 0 Å². The summed E-state index contributed by atoms with van der Waals surface area (Å²) in [5, 5.41) is 17.7. The van der Waals surface area contributed by atoms with Gasteiger partial charge in [0, 0.05) is 5.56 Å². The number of alkyl halides is 2. The van der Waals surface area contributed by atoms with E-state index in [2.05, 4.69) is 4.74 Å². The lowest BCUT2D eigenvalue weighted by atomic mass is 9.98. The maximum Gasteiger partial charge on any atom is 0.339 e. The number of ether oxygens (including phenoxy) is 1. The first kappa shape index (κ1) is 13.1. The number of halogens is 2. The van der Waals surface area contributed by atoms with Crippen LogP contribution in [0.3, 0.4) is 0 Å². The monoisotopic (exact) mass is 241 g/mol. The number of carbonyl (C=O) groups excluding carboxylic acids is 1. The summed E-state index contributed by atoms with van der Waals surface area (Å²) in [5.41, 5.74) is -1.16. The van der Waals surface area contributed by atoms with Crippen molar-refractivity contribution in [1.29, 1.82) is 5.26 Å². The summed E-state index contributed by atoms with van der Waals surface area (Å²) < 4.78 is 29.9. The van der Waals surface area contributed by atoms with Crippen LogP contribution in [0.25, 0.3) is 0 Å². The molecule has 0 heterocycles. The number of methoxy groups -OCH3 is 1. The number of aliphatic hydroxyl groups excluding tert-OH is 1. The van der Waals surface area contributed by atoms with Crippen LogP contribution in [0.15, 0.2) is 12.1 Å². The van der Waals surface area contributed by atoms with Gasteiger partial charge in [0.05, 0.1) is 24.8 Å². The molecule has 0 bridgehead atoms. The van der Waals surface area contributed by atoms with E-state index in [0.717, 1.165) is 13.2 Å². The Kier molecular flexibility index (Phi) is 4.12. The van der Waals surface area contributed by atoms with Crippen molar-refractivity contribution < 1.29 is 23.4 Å². The Morgan fingerprint density at radius 3 is 2.65 bits per heavy atom. The fourth-order valence-corrected chi connectivity index (χ4v) is 1.41. The van der Waals surface area contributed by atoms with Gasteiger partial charge >= 0.3 is 5.97 Å². The van der Waals surface area contributed by atoms with E-state index in [1.807, 2.05) is 0 Å². The third-order valence-corrected chi connectivity index (χ3v) is 2.16. The maximum atomic E-state index is 12.8. The number of carbonyl (C=O) groups is 1. The minimum atomic E-state index is -2.93. The van der Waals surface area contributed by atoms with E-state index in [9.17, 15) is 13.6 Å². The Labute approximate surface area is 96.0 Å². The van der Waals surface area contributed by atoms with E-state index >= 15 is 0 Å². The lowest BCUT2D eigenvalue weighted by molar-refractivity contribution is 0.0588. The molecule has 0 saturated carbocycles. The first-order valence-electron chi connectivity index (χ1n) is 4.59. The maximum absolute atomic E-state index is 12.8. The number of hydrogen-bond donors (Lipinski definition) is 1. The topological polar surface area (TPSA) is 70.3 Å². The molecule has 1 aromatic carbocycles. The molecule has 0 aliphatic carbocycles. The highest BCUT2D eigenvalue weighted by atomic mass is 19.3. The third-order valence-electron chi connectivity index (χ3n) is 2.16. The highest BCUT2D eigenvalue weighted by Crippen LogP contribution is 2.27. The fraction of sp³-hybridized carbons (Fsp3) is 0.273. The van der Waals surface area contributed by atoms with E-state index in [4.69, 9.17) is 10.4 Å². The van der Waals surface area contributed by atoms with Crippen LogP contribution in [0, 0.1) is 11.3 Å². The van der Waals surface area contributed by atoms with Crippen molar-refractivity contribution in [2.24, 2.45) is 0 Å². The second-order valence-electron chi connectivity index (χ2n) is 3.17. The second kappa shape index (κ2) is 5.37. The van der Waals surface area contributed by atoms with Crippen molar-refractivity contribution in [2.75, 3.05) is 7.11 Å². The minimum absolute atomic E-state index is 0.143. The van der Waals surface area contributed by atoms with Gasteiger partial charge in [-0.1, -0.05) is 0 Å². The standard InChI is InChI=1S/C11H9F2NO3/c1-17-11(16)9-7(4-14)2-6(5-15)3-8(9)10(12)13/h2-3,10,15H,5H2,1H3. The number of nitrogens with zero attached hydrogens (tertiary/aromatic N) is 1. The lowest BCUT2D eigenvalue weighted by Crippen LogP contribution is -2.10. The van der Waals surface area contributed by atoms with Gasteiger partial charge in [0.25, 0.3) is 6.43 Å². The summed E-state index contributed by atoms with van der Waals surface area (Å²) >= 11 is 0. The Balaban J connectivity index is 3.53. The van der Waals surface area contributed by atoms with E-state index in [1.165, 1.54) is 6.07 Å². The molecule has 0 atom stereocenters. The zero-order chi connectivity index (χ0) is 13.0. The highest BCUT2D eigenvalue weighted by molar-refractivity contribution is 5.94. The number of nitriles is 1. The van der Waals surface area contributed by atoms with E-state index in [0.29, 0.717) is 0 Å². The molecule has 6 heteroatoms. The number of aliphatic hydroxyl groups is 1. The first-order valence-corrected chi connectivity index (χ1v) is 4.59. The van der Waals surface area contributed by atoms with E-state index in [1.54, 1.807) is 6.07 Å². The SMILES string of the molecule is COC(=O)c1c(C#N)cc(CO)cc1C(F)F. The van der Waals surface area contributed by atoms with Gasteiger partial charge in [-0.15, -0.1) is 0 Å². The van der Waals surface area contributed by atoms with Gasteiger partial charge in [-0.25, -0.2) is 13.6 Å². The highest BCUT2D eigenvalue weighted by Gasteiger charge is 2.23. The zero-order valence-corrected chi connectivity index (χ0v) is 8.91. The summed E-state index contributed by atoms with van der Waals surface area (Å²) in [7, 11) is 1.04. The van der Waals surface area contributed by atoms with Crippen molar-refractivity contribution in [3.8, 4) is 6.07 Å². The molecule has 0 spiro atoms. The van der Waals surface area contributed by atoms with Crippen LogP contribution in [0.2, 0.25) is 0 Å². The molecule has 90 valence electrons. The van der Waals surface area contributed by atoms with Crippen LogP contribution in [-0.4, -0.2) is 18.2 Å². The van der Waals surface area contributed by atoms with Crippen molar-refractivity contribution >= 4 is 5.97 Å². The molecule has 0 radical (unpaired) electrons. The van der Waals surface area contributed by atoms with Crippen LogP contribution in [-0.2, 0) is 11.3 Å². The number of benzene rings is 1. The van der Waals surface area contributed by atoms with Crippen molar-refractivity contribution in [1.82, 2.24) is 0 Å². The average molecular weight is 241 g/mol. The zero-order valence-electron chi connectivity index (χ0n) is 8.91. The summed E-state index contributed by atoms with van der Waals surface area (Å²) in [6.07, 6.45) is -2.93. The molecule has 1 aromatic rings. The van der Waals surface area contributed by atoms with Crippen LogP contribution in [0.5, 0.6) is 0 Å². The molecule has 0 amide bonds. The number of rotatable bonds is 3. The van der Waals surface area contributed by atoms with Crippen molar-refractivity contribution in [2.45, 2.75) is 13.0 Å². The van der Waals surface area contributed by atoms with E-state index in [-0.39, 0.29) is 11.1 Å². The van der Waals surface area contributed by atoms with Crippen LogP contribution < -0.4 is 0 Å². The van der Waals surface area contributed by atoms with E-state index < -0.39 is 30.1 Å². The summed E-state index contributed by atoms with van der Waals surface area (Å²) in [5.74, 6) is -0.999. The summed E-state index contributed by atoms with van der Waals surface area (Å²) in [6, 6.07) is 3.80. The lowest BCUT2D eigenvalue weighted by Gasteiger charge is -2.10. The van der Waals surface area contributed by atoms with Crippen LogP contribution in [0.1, 0.15) is 33.5 Å². The van der Waals surface area contributed by atoms with Crippen molar-refractivity contribution in [3.05, 3.63) is 34.4 Å². The molecular formula is C11H9F2NO3. The Hall–Kier alpha value is -2.00. The smallest absolute Gasteiger partial charge is 0.339 e. The summed E-state index contributed by atoms with van der Waals surface area (Å²) in [4.78, 5) is 11.3. The largest absolute Gasteiger partial charge is 0.465 e. The predicted octanol–water partition coefficient (Wildman–Crippen LogP) is 1.77. The molecule has 0 unspecified atom stereocenters. The Morgan fingerprint density at radius 1 is 1.59 bits per heavy atom. The molecule has 0 aromatic heterocycles. The molecule has 4 nitrogen and oxygen atoms in total. The number of esters is 1. The molecule has 0 saturated heterocycles. The quantitative estimate of drug-likeness (QED) is 0.819. The fourth-order valence-electron chi connectivity index (χ4n) is 1.41. The molecule has 17 heavy (non-hydrogen) atoms. The normalized spacial score (nSPS) is 10.1. The van der Waals surface area contributed by atoms with Crippen LogP contribution >= 0.6 is 0 Å². The number of hydrogen-bond acceptors (Lipinski definition) is 4. The van der Waals surface area contributed by atoms with Gasteiger partial charge in [-0.2, -0.15) is 5.26 Å². The van der Waals surface area contributed by atoms with Gasteiger partial charge < -0.3 is 9.84 Å². The third kappa shape index (κ3) is 2.57. The Morgan fingerprint density at radius 2 is 2.24 bits per heavy atom. The molecule has 1 rings (SSSR count). The molecule has 1 N–H and O–H groups in total. The van der Waals surface area contributed by atoms with Crippen LogP contribution in [0.4, 0.5) is 8.78 Å². The predicted molar refractivity (Wildman–Crippen MR) is 53.4 cm³/mol. The van der Waals surface area contributed by atoms with Gasteiger partial charge in [-0.05, 0) is 17.7 Å².